The zero-order valence-corrected chi connectivity index (χ0v) is 11.6. The lowest BCUT2D eigenvalue weighted by Gasteiger charge is -2.28. The fourth-order valence-corrected chi connectivity index (χ4v) is 3.95. The van der Waals surface area contributed by atoms with E-state index in [0.29, 0.717) is 17.6 Å². The zero-order valence-electron chi connectivity index (χ0n) is 11.6. The number of rotatable bonds is 4. The van der Waals surface area contributed by atoms with Gasteiger partial charge in [0.2, 0.25) is 5.82 Å². The monoisotopic (exact) mass is 276 g/mol. The SMILES string of the molecule is CC(Nc1nc(N)ccc1[N+](=O)[O-])C1CC2CCC1C2. The highest BCUT2D eigenvalue weighted by Crippen LogP contribution is 2.50. The Labute approximate surface area is 117 Å². The number of nitrogens with zero attached hydrogens (tertiary/aromatic N) is 2. The molecule has 4 atom stereocenters. The summed E-state index contributed by atoms with van der Waals surface area (Å²) < 4.78 is 0. The number of aromatic nitrogens is 1. The molecule has 3 rings (SSSR count). The van der Waals surface area contributed by atoms with E-state index in [2.05, 4.69) is 17.2 Å². The Balaban J connectivity index is 1.77. The number of nitro groups is 1. The van der Waals surface area contributed by atoms with Crippen molar-refractivity contribution in [2.75, 3.05) is 11.1 Å². The molecule has 0 spiro atoms. The van der Waals surface area contributed by atoms with Gasteiger partial charge in [0, 0.05) is 12.1 Å². The van der Waals surface area contributed by atoms with Crippen LogP contribution in [-0.4, -0.2) is 15.9 Å². The van der Waals surface area contributed by atoms with Crippen molar-refractivity contribution in [3.05, 3.63) is 22.2 Å². The quantitative estimate of drug-likeness (QED) is 0.651. The average molecular weight is 276 g/mol. The average Bonchev–Trinajstić information content (AvgIpc) is 3.00. The van der Waals surface area contributed by atoms with Gasteiger partial charge in [0.15, 0.2) is 0 Å². The number of nitrogens with two attached hydrogens (primary N) is 1. The molecule has 0 amide bonds. The van der Waals surface area contributed by atoms with E-state index in [1.165, 1.54) is 37.8 Å². The Kier molecular flexibility index (Phi) is 3.23. The van der Waals surface area contributed by atoms with Crippen molar-refractivity contribution in [2.24, 2.45) is 17.8 Å². The van der Waals surface area contributed by atoms with Crippen molar-refractivity contribution < 1.29 is 4.92 Å². The van der Waals surface area contributed by atoms with Crippen LogP contribution in [0.25, 0.3) is 0 Å². The maximum atomic E-state index is 11.0. The molecule has 3 N–H and O–H groups in total. The topological polar surface area (TPSA) is 94.1 Å². The smallest absolute Gasteiger partial charge is 0.311 e. The van der Waals surface area contributed by atoms with E-state index in [-0.39, 0.29) is 11.7 Å². The predicted molar refractivity (Wildman–Crippen MR) is 77.3 cm³/mol. The summed E-state index contributed by atoms with van der Waals surface area (Å²) in [4.78, 5) is 14.7. The molecule has 0 aromatic carbocycles. The normalized spacial score (nSPS) is 29.4. The van der Waals surface area contributed by atoms with Crippen molar-refractivity contribution in [2.45, 2.75) is 38.6 Å². The van der Waals surface area contributed by atoms with Crippen LogP contribution in [0.1, 0.15) is 32.6 Å². The van der Waals surface area contributed by atoms with Gasteiger partial charge in [-0.25, -0.2) is 4.98 Å². The molecule has 4 unspecified atom stereocenters. The summed E-state index contributed by atoms with van der Waals surface area (Å²) in [5.41, 5.74) is 5.64. The molecule has 2 aliphatic rings. The van der Waals surface area contributed by atoms with Crippen molar-refractivity contribution in [3.8, 4) is 0 Å². The van der Waals surface area contributed by atoms with Crippen molar-refractivity contribution in [3.63, 3.8) is 0 Å². The van der Waals surface area contributed by atoms with Gasteiger partial charge in [0.25, 0.3) is 0 Å². The first-order valence-corrected chi connectivity index (χ1v) is 7.22. The third-order valence-electron chi connectivity index (χ3n) is 4.89. The molecule has 108 valence electrons. The standard InChI is InChI=1S/C14H20N4O2/c1-8(11-7-9-2-3-10(11)6-9)16-14-12(18(19)20)4-5-13(15)17-14/h4-5,8-11H,2-3,6-7H2,1H3,(H3,15,16,17). The van der Waals surface area contributed by atoms with Crippen LogP contribution in [0.3, 0.4) is 0 Å². The lowest BCUT2D eigenvalue weighted by molar-refractivity contribution is -0.384. The first-order valence-electron chi connectivity index (χ1n) is 7.22. The molecule has 0 saturated heterocycles. The molecule has 1 aromatic rings. The number of nitrogen functional groups attached to an aromatic ring is 1. The summed E-state index contributed by atoms with van der Waals surface area (Å²) in [6.45, 7) is 2.10. The van der Waals surface area contributed by atoms with E-state index < -0.39 is 4.92 Å². The summed E-state index contributed by atoms with van der Waals surface area (Å²) in [7, 11) is 0. The Morgan fingerprint density at radius 1 is 1.45 bits per heavy atom. The summed E-state index contributed by atoms with van der Waals surface area (Å²) in [6.07, 6.45) is 5.20. The molecular formula is C14H20N4O2. The molecule has 6 nitrogen and oxygen atoms in total. The van der Waals surface area contributed by atoms with E-state index in [1.807, 2.05) is 0 Å². The van der Waals surface area contributed by atoms with Gasteiger partial charge in [0.1, 0.15) is 5.82 Å². The van der Waals surface area contributed by atoms with Crippen LogP contribution in [0.2, 0.25) is 0 Å². The van der Waals surface area contributed by atoms with Crippen LogP contribution < -0.4 is 11.1 Å². The van der Waals surface area contributed by atoms with Crippen LogP contribution in [0.15, 0.2) is 12.1 Å². The Hall–Kier alpha value is -1.85. The summed E-state index contributed by atoms with van der Waals surface area (Å²) in [6, 6.07) is 3.07. The first kappa shape index (κ1) is 13.1. The Bertz CT molecular complexity index is 534. The molecule has 0 radical (unpaired) electrons. The van der Waals surface area contributed by atoms with Crippen LogP contribution in [0.5, 0.6) is 0 Å². The van der Waals surface area contributed by atoms with Gasteiger partial charge in [-0.3, -0.25) is 10.1 Å². The highest BCUT2D eigenvalue weighted by Gasteiger charge is 2.42. The van der Waals surface area contributed by atoms with E-state index >= 15 is 0 Å². The zero-order chi connectivity index (χ0) is 14.3. The number of nitrogens with one attached hydrogen (secondary N) is 1. The Morgan fingerprint density at radius 2 is 2.25 bits per heavy atom. The summed E-state index contributed by atoms with van der Waals surface area (Å²) in [5.74, 6) is 2.82. The van der Waals surface area contributed by atoms with Crippen molar-refractivity contribution >= 4 is 17.3 Å². The van der Waals surface area contributed by atoms with Crippen LogP contribution >= 0.6 is 0 Å². The van der Waals surface area contributed by atoms with Crippen molar-refractivity contribution in [1.82, 2.24) is 4.98 Å². The summed E-state index contributed by atoms with van der Waals surface area (Å²) >= 11 is 0. The number of anilines is 2. The number of pyridine rings is 1. The molecule has 2 saturated carbocycles. The largest absolute Gasteiger partial charge is 0.384 e. The molecule has 6 heteroatoms. The molecular weight excluding hydrogens is 256 g/mol. The number of hydrogen-bond acceptors (Lipinski definition) is 5. The van der Waals surface area contributed by atoms with E-state index in [1.54, 1.807) is 0 Å². The van der Waals surface area contributed by atoms with Crippen LogP contribution in [0.4, 0.5) is 17.3 Å². The fourth-order valence-electron chi connectivity index (χ4n) is 3.95. The Morgan fingerprint density at radius 3 is 2.85 bits per heavy atom. The van der Waals surface area contributed by atoms with Crippen molar-refractivity contribution in [1.29, 1.82) is 0 Å². The highest BCUT2D eigenvalue weighted by molar-refractivity contribution is 5.59. The maximum Gasteiger partial charge on any atom is 0.311 e. The third-order valence-corrected chi connectivity index (χ3v) is 4.89. The van der Waals surface area contributed by atoms with Gasteiger partial charge in [-0.1, -0.05) is 6.42 Å². The van der Waals surface area contributed by atoms with Gasteiger partial charge in [-0.2, -0.15) is 0 Å². The van der Waals surface area contributed by atoms with Crippen LogP contribution in [-0.2, 0) is 0 Å². The van der Waals surface area contributed by atoms with Gasteiger partial charge >= 0.3 is 5.69 Å². The molecule has 1 heterocycles. The molecule has 1 aromatic heterocycles. The minimum atomic E-state index is -0.414. The van der Waals surface area contributed by atoms with Crippen LogP contribution in [0, 0.1) is 27.9 Å². The molecule has 0 aliphatic heterocycles. The number of hydrogen-bond donors (Lipinski definition) is 2. The highest BCUT2D eigenvalue weighted by atomic mass is 16.6. The van der Waals surface area contributed by atoms with E-state index in [0.717, 1.165) is 11.8 Å². The second-order valence-corrected chi connectivity index (χ2v) is 6.13. The second-order valence-electron chi connectivity index (χ2n) is 6.13. The molecule has 2 aliphatic carbocycles. The predicted octanol–water partition coefficient (Wildman–Crippen LogP) is 2.81. The van der Waals surface area contributed by atoms with E-state index in [4.69, 9.17) is 5.73 Å². The van der Waals surface area contributed by atoms with Gasteiger partial charge < -0.3 is 11.1 Å². The molecule has 2 fully saturated rings. The lowest BCUT2D eigenvalue weighted by Crippen LogP contribution is -2.30. The molecule has 2 bridgehead atoms. The summed E-state index contributed by atoms with van der Waals surface area (Å²) in [5, 5.41) is 14.3. The van der Waals surface area contributed by atoms with Gasteiger partial charge in [0.05, 0.1) is 4.92 Å². The maximum absolute atomic E-state index is 11.0. The third kappa shape index (κ3) is 2.30. The minimum absolute atomic E-state index is 0.00536. The number of fused-ring (bicyclic) bond motifs is 2. The lowest BCUT2D eigenvalue weighted by atomic mass is 9.84. The van der Waals surface area contributed by atoms with E-state index in [9.17, 15) is 10.1 Å². The second kappa shape index (κ2) is 4.92. The van der Waals surface area contributed by atoms with Gasteiger partial charge in [-0.15, -0.1) is 0 Å². The fraction of sp³-hybridized carbons (Fsp3) is 0.643. The van der Waals surface area contributed by atoms with Gasteiger partial charge in [-0.05, 0) is 50.0 Å². The minimum Gasteiger partial charge on any atom is -0.384 e. The molecule has 20 heavy (non-hydrogen) atoms. The first-order chi connectivity index (χ1) is 9.54.